The van der Waals surface area contributed by atoms with Crippen LogP contribution in [0.5, 0.6) is 5.75 Å². The first-order chi connectivity index (χ1) is 11.7. The van der Waals surface area contributed by atoms with Gasteiger partial charge >= 0.3 is 5.69 Å². The van der Waals surface area contributed by atoms with E-state index in [1.54, 1.807) is 4.57 Å². The summed E-state index contributed by atoms with van der Waals surface area (Å²) in [6.45, 7) is 11.7. The normalized spacial score (nSPS) is 12.5. The minimum Gasteiger partial charge on any atom is -0.544 e. The Morgan fingerprint density at radius 3 is 2.32 bits per heavy atom. The van der Waals surface area contributed by atoms with Crippen LogP contribution in [0.3, 0.4) is 0 Å². The van der Waals surface area contributed by atoms with Crippen LogP contribution in [0.1, 0.15) is 26.3 Å². The highest BCUT2D eigenvalue weighted by Crippen LogP contribution is 2.37. The standard InChI is InChI=1S/C20H26N2O2Si/c1-20(2,3)25(4,5)24-16-12-10-15(11-13-16)14-22-18-9-7-6-8-17(18)21-19(22)23/h6-13H,14H2,1-5H3,(H,21,23). The molecule has 4 nitrogen and oxygen atoms in total. The maximum atomic E-state index is 12.2. The van der Waals surface area contributed by atoms with Gasteiger partial charge in [0.2, 0.25) is 8.32 Å². The monoisotopic (exact) mass is 354 g/mol. The first-order valence-corrected chi connectivity index (χ1v) is 11.5. The zero-order valence-corrected chi connectivity index (χ0v) is 16.6. The molecule has 3 rings (SSSR count). The topological polar surface area (TPSA) is 47.0 Å². The van der Waals surface area contributed by atoms with Crippen molar-refractivity contribution in [2.24, 2.45) is 0 Å². The number of hydrogen-bond acceptors (Lipinski definition) is 2. The molecule has 0 atom stereocenters. The molecular weight excluding hydrogens is 328 g/mol. The number of aromatic nitrogens is 2. The van der Waals surface area contributed by atoms with E-state index in [-0.39, 0.29) is 10.7 Å². The van der Waals surface area contributed by atoms with E-state index in [1.165, 1.54) is 0 Å². The molecule has 0 radical (unpaired) electrons. The van der Waals surface area contributed by atoms with Crippen LogP contribution in [-0.4, -0.2) is 17.9 Å². The van der Waals surface area contributed by atoms with E-state index in [0.29, 0.717) is 6.54 Å². The lowest BCUT2D eigenvalue weighted by Gasteiger charge is -2.36. The molecule has 3 aromatic rings. The zero-order valence-electron chi connectivity index (χ0n) is 15.6. The van der Waals surface area contributed by atoms with Crippen molar-refractivity contribution in [3.63, 3.8) is 0 Å². The third-order valence-electron chi connectivity index (χ3n) is 5.12. The van der Waals surface area contributed by atoms with Crippen molar-refractivity contribution in [2.75, 3.05) is 0 Å². The number of fused-ring (bicyclic) bond motifs is 1. The molecule has 1 aromatic heterocycles. The lowest BCUT2D eigenvalue weighted by Crippen LogP contribution is -2.43. The Morgan fingerprint density at radius 1 is 1.04 bits per heavy atom. The highest BCUT2D eigenvalue weighted by atomic mass is 28.4. The third-order valence-corrected chi connectivity index (χ3v) is 9.48. The average Bonchev–Trinajstić information content (AvgIpc) is 2.84. The number of nitrogens with one attached hydrogen (secondary N) is 1. The molecule has 1 N–H and O–H groups in total. The van der Waals surface area contributed by atoms with Crippen molar-refractivity contribution >= 4 is 19.4 Å². The highest BCUT2D eigenvalue weighted by molar-refractivity contribution is 6.74. The Kier molecular flexibility index (Phi) is 4.37. The quantitative estimate of drug-likeness (QED) is 0.687. The Labute approximate surface area is 149 Å². The van der Waals surface area contributed by atoms with E-state index in [9.17, 15) is 4.79 Å². The number of imidazole rings is 1. The van der Waals surface area contributed by atoms with E-state index < -0.39 is 8.32 Å². The SMILES string of the molecule is CC(C)(C)[Si](C)(C)Oc1ccc(Cn2c(=O)[nH]c3ccccc32)cc1. The van der Waals surface area contributed by atoms with Gasteiger partial charge in [0, 0.05) is 0 Å². The van der Waals surface area contributed by atoms with Crippen LogP contribution in [0, 0.1) is 0 Å². The number of aromatic amines is 1. The maximum absolute atomic E-state index is 12.2. The molecule has 0 saturated heterocycles. The summed E-state index contributed by atoms with van der Waals surface area (Å²) in [5.41, 5.74) is 2.79. The molecule has 0 aliphatic heterocycles. The van der Waals surface area contributed by atoms with E-state index in [0.717, 1.165) is 22.3 Å². The minimum absolute atomic E-state index is 0.0807. The Balaban J connectivity index is 1.81. The van der Waals surface area contributed by atoms with E-state index in [4.69, 9.17) is 4.43 Å². The summed E-state index contributed by atoms with van der Waals surface area (Å²) < 4.78 is 8.08. The van der Waals surface area contributed by atoms with E-state index in [1.807, 2.05) is 48.5 Å². The molecule has 1 heterocycles. The highest BCUT2D eigenvalue weighted by Gasteiger charge is 2.38. The van der Waals surface area contributed by atoms with Crippen LogP contribution in [-0.2, 0) is 6.54 Å². The van der Waals surface area contributed by atoms with Crippen molar-refractivity contribution in [3.8, 4) is 5.75 Å². The minimum atomic E-state index is -1.83. The molecule has 0 fully saturated rings. The van der Waals surface area contributed by atoms with Crippen LogP contribution in [0.15, 0.2) is 53.3 Å². The number of hydrogen-bond donors (Lipinski definition) is 1. The van der Waals surface area contributed by atoms with Crippen LogP contribution in [0.4, 0.5) is 0 Å². The van der Waals surface area contributed by atoms with Crippen LogP contribution in [0.25, 0.3) is 11.0 Å². The van der Waals surface area contributed by atoms with Crippen LogP contribution < -0.4 is 10.1 Å². The van der Waals surface area contributed by atoms with Crippen molar-refractivity contribution < 1.29 is 4.43 Å². The smallest absolute Gasteiger partial charge is 0.326 e. The van der Waals surface area contributed by atoms with Gasteiger partial charge < -0.3 is 9.41 Å². The van der Waals surface area contributed by atoms with Crippen LogP contribution in [0.2, 0.25) is 18.1 Å². The van der Waals surface area contributed by atoms with Gasteiger partial charge in [-0.2, -0.15) is 0 Å². The summed E-state index contributed by atoms with van der Waals surface area (Å²) in [5.74, 6) is 0.904. The Bertz CT molecular complexity index is 931. The predicted molar refractivity (Wildman–Crippen MR) is 106 cm³/mol. The fourth-order valence-electron chi connectivity index (χ4n) is 2.56. The van der Waals surface area contributed by atoms with Gasteiger partial charge in [0.15, 0.2) is 0 Å². The van der Waals surface area contributed by atoms with E-state index >= 15 is 0 Å². The summed E-state index contributed by atoms with van der Waals surface area (Å²) in [5, 5.41) is 0.170. The first-order valence-electron chi connectivity index (χ1n) is 8.63. The van der Waals surface area contributed by atoms with Gasteiger partial charge in [0.05, 0.1) is 17.6 Å². The summed E-state index contributed by atoms with van der Waals surface area (Å²) in [7, 11) is -1.83. The number of H-pyrrole nitrogens is 1. The molecule has 0 aliphatic rings. The van der Waals surface area contributed by atoms with Gasteiger partial charge in [-0.25, -0.2) is 4.79 Å². The predicted octanol–water partition coefficient (Wildman–Crippen LogP) is 4.76. The molecule has 0 unspecified atom stereocenters. The van der Waals surface area contributed by atoms with Gasteiger partial charge in [-0.1, -0.05) is 45.0 Å². The molecule has 25 heavy (non-hydrogen) atoms. The largest absolute Gasteiger partial charge is 0.544 e. The van der Waals surface area contributed by atoms with Gasteiger partial charge in [-0.3, -0.25) is 4.57 Å². The summed E-state index contributed by atoms with van der Waals surface area (Å²) in [6, 6.07) is 15.8. The maximum Gasteiger partial charge on any atom is 0.326 e. The Morgan fingerprint density at radius 2 is 1.68 bits per heavy atom. The van der Waals surface area contributed by atoms with Crippen molar-refractivity contribution in [1.29, 1.82) is 0 Å². The van der Waals surface area contributed by atoms with Gasteiger partial charge in [0.25, 0.3) is 0 Å². The van der Waals surface area contributed by atoms with Gasteiger partial charge in [0.1, 0.15) is 5.75 Å². The molecule has 132 valence electrons. The summed E-state index contributed by atoms with van der Waals surface area (Å²) >= 11 is 0. The number of nitrogens with zero attached hydrogens (tertiary/aromatic N) is 1. The second kappa shape index (κ2) is 6.22. The molecule has 0 aliphatic carbocycles. The summed E-state index contributed by atoms with van der Waals surface area (Å²) in [6.07, 6.45) is 0. The van der Waals surface area contributed by atoms with Gasteiger partial charge in [-0.15, -0.1) is 0 Å². The second-order valence-corrected chi connectivity index (χ2v) is 12.8. The lowest BCUT2D eigenvalue weighted by atomic mass is 10.2. The molecule has 2 aromatic carbocycles. The third kappa shape index (κ3) is 3.56. The molecule has 0 amide bonds. The Hall–Kier alpha value is -2.27. The second-order valence-electron chi connectivity index (χ2n) is 8.04. The van der Waals surface area contributed by atoms with Crippen molar-refractivity contribution in [1.82, 2.24) is 9.55 Å². The molecule has 0 bridgehead atoms. The number of rotatable bonds is 4. The molecule has 5 heteroatoms. The number of benzene rings is 2. The fraction of sp³-hybridized carbons (Fsp3) is 0.350. The lowest BCUT2D eigenvalue weighted by molar-refractivity contribution is 0.492. The number of para-hydroxylation sites is 2. The molecular formula is C20H26N2O2Si. The van der Waals surface area contributed by atoms with Gasteiger partial charge in [-0.05, 0) is 48.0 Å². The average molecular weight is 355 g/mol. The zero-order chi connectivity index (χ0) is 18.2. The molecule has 0 spiro atoms. The fourth-order valence-corrected chi connectivity index (χ4v) is 3.59. The van der Waals surface area contributed by atoms with Crippen molar-refractivity contribution in [2.45, 2.75) is 45.4 Å². The molecule has 0 saturated carbocycles. The van der Waals surface area contributed by atoms with Crippen molar-refractivity contribution in [3.05, 3.63) is 64.6 Å². The van der Waals surface area contributed by atoms with E-state index in [2.05, 4.69) is 38.8 Å². The first kappa shape index (κ1) is 17.5. The summed E-state index contributed by atoms with van der Waals surface area (Å²) in [4.78, 5) is 15.1. The van der Waals surface area contributed by atoms with Crippen LogP contribution >= 0.6 is 0 Å².